The summed E-state index contributed by atoms with van der Waals surface area (Å²) < 4.78 is 0. The van der Waals surface area contributed by atoms with Crippen molar-refractivity contribution in [2.75, 3.05) is 0 Å². The van der Waals surface area contributed by atoms with E-state index in [0.29, 0.717) is 0 Å². The molecule has 0 radical (unpaired) electrons. The Morgan fingerprint density at radius 3 is 1.89 bits per heavy atom. The van der Waals surface area contributed by atoms with Crippen molar-refractivity contribution in [1.82, 2.24) is 0 Å². The Morgan fingerprint density at radius 2 is 1.39 bits per heavy atom. The second-order valence-electron chi connectivity index (χ2n) is 6.94. The van der Waals surface area contributed by atoms with E-state index in [1.807, 2.05) is 6.07 Å². The van der Waals surface area contributed by atoms with Gasteiger partial charge in [0.1, 0.15) is 0 Å². The molecule has 0 spiro atoms. The predicted octanol–water partition coefficient (Wildman–Crippen LogP) is 6.82. The Bertz CT molecular complexity index is 876. The summed E-state index contributed by atoms with van der Waals surface area (Å²) in [5, 5.41) is 0. The molecule has 0 atom stereocenters. The molecule has 1 heteroatoms. The molecule has 0 bridgehead atoms. The van der Waals surface area contributed by atoms with Gasteiger partial charge >= 0.3 is 21.7 Å². The molecule has 0 fully saturated rings. The number of allylic oxidation sites excluding steroid dienone is 4. The standard InChI is InChI=1S/C15H15.C12H11.Ti/c1-12-5-3-7-14(9-12)11-15-8-4-6-13(2)10-15;1-2-6-11(7-3-1)10-12-8-4-5-9-12;/h3-11H,1-2H3;1-4,6-8H,5,10H2;/q2*-1;+2. The molecule has 1 aliphatic rings. The summed E-state index contributed by atoms with van der Waals surface area (Å²) in [6, 6.07) is 27.6. The Balaban J connectivity index is 0.000000198. The zero-order chi connectivity index (χ0) is 18.9. The third-order valence-electron chi connectivity index (χ3n) is 4.42. The molecule has 0 amide bonds. The summed E-state index contributed by atoms with van der Waals surface area (Å²) in [6.07, 6.45) is 11.8. The summed E-state index contributed by atoms with van der Waals surface area (Å²) in [5.74, 6) is 0. The monoisotopic (exact) mass is 398 g/mol. The van der Waals surface area contributed by atoms with Crippen LogP contribution in [0.3, 0.4) is 0 Å². The minimum Gasteiger partial charge on any atom is -0.269 e. The van der Waals surface area contributed by atoms with Gasteiger partial charge in [0.15, 0.2) is 0 Å². The first-order chi connectivity index (χ1) is 13.2. The normalized spacial score (nSPS) is 11.7. The van der Waals surface area contributed by atoms with Gasteiger partial charge in [0.25, 0.3) is 0 Å². The number of benzene rings is 3. The number of hydrogen-bond donors (Lipinski definition) is 0. The van der Waals surface area contributed by atoms with Crippen molar-refractivity contribution >= 4 is 0 Å². The van der Waals surface area contributed by atoms with E-state index >= 15 is 0 Å². The van der Waals surface area contributed by atoms with Crippen LogP contribution in [0.25, 0.3) is 0 Å². The maximum Gasteiger partial charge on any atom is 2.00 e. The van der Waals surface area contributed by atoms with Crippen molar-refractivity contribution in [3.05, 3.63) is 137 Å². The van der Waals surface area contributed by atoms with Gasteiger partial charge in [-0.15, -0.1) is 48.2 Å². The smallest absolute Gasteiger partial charge is 0.269 e. The molecule has 0 nitrogen and oxygen atoms in total. The van der Waals surface area contributed by atoms with Crippen LogP contribution >= 0.6 is 0 Å². The van der Waals surface area contributed by atoms with Gasteiger partial charge in [-0.2, -0.15) is 6.08 Å². The van der Waals surface area contributed by atoms with Gasteiger partial charge in [-0.25, -0.2) is 11.6 Å². The van der Waals surface area contributed by atoms with Crippen LogP contribution in [0.5, 0.6) is 0 Å². The minimum atomic E-state index is 0. The van der Waals surface area contributed by atoms with Gasteiger partial charge in [-0.3, -0.25) is 6.08 Å². The van der Waals surface area contributed by atoms with E-state index in [9.17, 15) is 0 Å². The summed E-state index contributed by atoms with van der Waals surface area (Å²) in [6.45, 7) is 4.24. The van der Waals surface area contributed by atoms with E-state index < -0.39 is 0 Å². The van der Waals surface area contributed by atoms with Gasteiger partial charge in [0.05, 0.1) is 0 Å². The topological polar surface area (TPSA) is 0 Å². The molecular weight excluding hydrogens is 372 g/mol. The minimum absolute atomic E-state index is 0. The zero-order valence-electron chi connectivity index (χ0n) is 16.7. The molecule has 0 saturated heterocycles. The van der Waals surface area contributed by atoms with Gasteiger partial charge in [-0.1, -0.05) is 65.7 Å². The molecule has 0 N–H and O–H groups in total. The van der Waals surface area contributed by atoms with Crippen molar-refractivity contribution in [3.8, 4) is 0 Å². The molecule has 3 aromatic rings. The van der Waals surface area contributed by atoms with E-state index in [1.54, 1.807) is 0 Å². The van der Waals surface area contributed by atoms with E-state index in [-0.39, 0.29) is 21.7 Å². The van der Waals surface area contributed by atoms with E-state index in [2.05, 4.69) is 111 Å². The summed E-state index contributed by atoms with van der Waals surface area (Å²) in [7, 11) is 0. The fraction of sp³-hybridized carbons (Fsp3) is 0.148. The SMILES string of the molecule is Cc1cccc([CH-]c2cccc(C)c2)c1.[C-]1=C(Cc2ccccc2)C=CC1.[Ti+2]. The van der Waals surface area contributed by atoms with Crippen molar-refractivity contribution in [3.63, 3.8) is 0 Å². The fourth-order valence-electron chi connectivity index (χ4n) is 3.10. The van der Waals surface area contributed by atoms with Crippen LogP contribution in [0, 0.1) is 26.3 Å². The van der Waals surface area contributed by atoms with E-state index in [4.69, 9.17) is 0 Å². The third-order valence-corrected chi connectivity index (χ3v) is 4.42. The Hall–Kier alpha value is -2.28. The molecule has 0 unspecified atom stereocenters. The van der Waals surface area contributed by atoms with Crippen LogP contribution in [0.4, 0.5) is 0 Å². The first-order valence-electron chi connectivity index (χ1n) is 9.47. The maximum absolute atomic E-state index is 3.31. The van der Waals surface area contributed by atoms with Gasteiger partial charge in [0, 0.05) is 0 Å². The van der Waals surface area contributed by atoms with Crippen molar-refractivity contribution in [2.45, 2.75) is 26.7 Å². The first kappa shape index (κ1) is 22.0. The van der Waals surface area contributed by atoms with Crippen LogP contribution in [-0.2, 0) is 28.1 Å². The van der Waals surface area contributed by atoms with Crippen LogP contribution < -0.4 is 0 Å². The van der Waals surface area contributed by atoms with Gasteiger partial charge in [-0.05, 0) is 25.8 Å². The molecule has 1 aliphatic carbocycles. The average Bonchev–Trinajstić information content (AvgIpc) is 3.16. The number of rotatable bonds is 4. The Kier molecular flexibility index (Phi) is 9.08. The quantitative estimate of drug-likeness (QED) is 0.334. The fourth-order valence-corrected chi connectivity index (χ4v) is 3.10. The van der Waals surface area contributed by atoms with Crippen molar-refractivity contribution in [2.24, 2.45) is 0 Å². The molecule has 0 aliphatic heterocycles. The predicted molar refractivity (Wildman–Crippen MR) is 116 cm³/mol. The molecule has 0 heterocycles. The zero-order valence-corrected chi connectivity index (χ0v) is 18.2. The molecule has 138 valence electrons. The summed E-state index contributed by atoms with van der Waals surface area (Å²) in [5.41, 5.74) is 7.82. The molecule has 0 saturated carbocycles. The molecular formula is C27H26Ti. The summed E-state index contributed by atoms with van der Waals surface area (Å²) in [4.78, 5) is 0. The summed E-state index contributed by atoms with van der Waals surface area (Å²) >= 11 is 0. The average molecular weight is 398 g/mol. The molecule has 28 heavy (non-hydrogen) atoms. The number of hydrogen-bond acceptors (Lipinski definition) is 0. The van der Waals surface area contributed by atoms with E-state index in [0.717, 1.165) is 12.8 Å². The van der Waals surface area contributed by atoms with Crippen molar-refractivity contribution < 1.29 is 21.7 Å². The molecule has 4 rings (SSSR count). The second kappa shape index (κ2) is 11.5. The van der Waals surface area contributed by atoms with Crippen LogP contribution in [0.1, 0.15) is 34.2 Å². The van der Waals surface area contributed by atoms with Crippen LogP contribution in [0.15, 0.2) is 96.6 Å². The van der Waals surface area contributed by atoms with Crippen molar-refractivity contribution in [1.29, 1.82) is 0 Å². The molecule has 0 aromatic heterocycles. The van der Waals surface area contributed by atoms with Crippen LogP contribution in [0.2, 0.25) is 0 Å². The van der Waals surface area contributed by atoms with Crippen LogP contribution in [-0.4, -0.2) is 0 Å². The first-order valence-corrected chi connectivity index (χ1v) is 9.47. The Labute approximate surface area is 184 Å². The van der Waals surface area contributed by atoms with Gasteiger partial charge in [0.2, 0.25) is 0 Å². The third kappa shape index (κ3) is 7.39. The Morgan fingerprint density at radius 1 is 0.786 bits per heavy atom. The maximum atomic E-state index is 3.31. The number of aryl methyl sites for hydroxylation is 2. The van der Waals surface area contributed by atoms with E-state index in [1.165, 1.54) is 33.4 Å². The second-order valence-corrected chi connectivity index (χ2v) is 6.94. The largest absolute Gasteiger partial charge is 2.00 e. The van der Waals surface area contributed by atoms with Gasteiger partial charge < -0.3 is 0 Å². The molecule has 3 aromatic carbocycles.